The standard InChI is InChI=1S/C14H14ClN3O2/c1-20-13-8(15)3-2-4-10(13)18-11-7-17-9-5-6-16-14(19)12(9)11/h2-4,7,17-18H,5-6H2,1H3,(H,16,19). The van der Waals surface area contributed by atoms with E-state index in [4.69, 9.17) is 16.3 Å². The van der Waals surface area contributed by atoms with Gasteiger partial charge in [0.15, 0.2) is 5.75 Å². The average Bonchev–Trinajstić information content (AvgIpc) is 2.84. The predicted octanol–water partition coefficient (Wildman–Crippen LogP) is 2.71. The highest BCUT2D eigenvalue weighted by molar-refractivity contribution is 6.32. The van der Waals surface area contributed by atoms with E-state index < -0.39 is 0 Å². The van der Waals surface area contributed by atoms with Crippen LogP contribution in [-0.2, 0) is 6.42 Å². The molecular formula is C14H14ClN3O2. The molecule has 0 saturated carbocycles. The quantitative estimate of drug-likeness (QED) is 0.814. The first-order chi connectivity index (χ1) is 9.70. The zero-order valence-corrected chi connectivity index (χ0v) is 11.7. The molecule has 0 atom stereocenters. The highest BCUT2D eigenvalue weighted by atomic mass is 35.5. The highest BCUT2D eigenvalue weighted by Crippen LogP contribution is 2.36. The summed E-state index contributed by atoms with van der Waals surface area (Å²) >= 11 is 6.09. The van der Waals surface area contributed by atoms with Gasteiger partial charge in [-0.3, -0.25) is 4.79 Å². The Balaban J connectivity index is 1.99. The van der Waals surface area contributed by atoms with Crippen molar-refractivity contribution in [3.8, 4) is 5.75 Å². The van der Waals surface area contributed by atoms with Crippen molar-refractivity contribution in [1.29, 1.82) is 0 Å². The summed E-state index contributed by atoms with van der Waals surface area (Å²) in [6.07, 6.45) is 2.59. The molecule has 0 fully saturated rings. The van der Waals surface area contributed by atoms with Crippen LogP contribution in [0.2, 0.25) is 5.02 Å². The summed E-state index contributed by atoms with van der Waals surface area (Å²) < 4.78 is 5.29. The van der Waals surface area contributed by atoms with Gasteiger partial charge in [0.05, 0.1) is 29.1 Å². The van der Waals surface area contributed by atoms with Crippen LogP contribution in [-0.4, -0.2) is 24.5 Å². The maximum Gasteiger partial charge on any atom is 0.255 e. The fourth-order valence-corrected chi connectivity index (χ4v) is 2.62. The first-order valence-corrected chi connectivity index (χ1v) is 6.66. The van der Waals surface area contributed by atoms with Crippen LogP contribution < -0.4 is 15.4 Å². The Morgan fingerprint density at radius 3 is 3.00 bits per heavy atom. The number of aromatic nitrogens is 1. The largest absolute Gasteiger partial charge is 0.493 e. The van der Waals surface area contributed by atoms with Crippen LogP contribution in [0, 0.1) is 0 Å². The Hall–Kier alpha value is -2.14. The number of para-hydroxylation sites is 1. The number of carbonyl (C=O) groups excluding carboxylic acids is 1. The van der Waals surface area contributed by atoms with Crippen LogP contribution in [0.1, 0.15) is 16.1 Å². The van der Waals surface area contributed by atoms with E-state index in [1.807, 2.05) is 12.1 Å². The van der Waals surface area contributed by atoms with Crippen LogP contribution >= 0.6 is 11.6 Å². The zero-order chi connectivity index (χ0) is 14.1. The minimum absolute atomic E-state index is 0.0732. The van der Waals surface area contributed by atoms with Gasteiger partial charge < -0.3 is 20.4 Å². The second kappa shape index (κ2) is 5.09. The molecule has 1 amide bonds. The van der Waals surface area contributed by atoms with Gasteiger partial charge in [0.1, 0.15) is 0 Å². The molecule has 1 aromatic carbocycles. The second-order valence-electron chi connectivity index (χ2n) is 4.51. The van der Waals surface area contributed by atoms with Gasteiger partial charge in [-0.15, -0.1) is 0 Å². The van der Waals surface area contributed by atoms with Gasteiger partial charge in [-0.25, -0.2) is 0 Å². The number of nitrogens with one attached hydrogen (secondary N) is 3. The Bertz CT molecular complexity index is 666. The molecule has 0 aliphatic carbocycles. The molecule has 5 nitrogen and oxygen atoms in total. The molecule has 3 rings (SSSR count). The molecule has 0 bridgehead atoms. The third kappa shape index (κ3) is 2.10. The summed E-state index contributed by atoms with van der Waals surface area (Å²) in [6, 6.07) is 5.43. The summed E-state index contributed by atoms with van der Waals surface area (Å²) in [6.45, 7) is 0.659. The Kier molecular flexibility index (Phi) is 3.28. The number of carbonyl (C=O) groups is 1. The number of methoxy groups -OCH3 is 1. The summed E-state index contributed by atoms with van der Waals surface area (Å²) in [5, 5.41) is 6.56. The number of H-pyrrole nitrogens is 1. The topological polar surface area (TPSA) is 66.1 Å². The first kappa shape index (κ1) is 12.9. The SMILES string of the molecule is COc1c(Cl)cccc1Nc1c[nH]c2c1C(=O)NCC2. The number of rotatable bonds is 3. The Morgan fingerprint density at radius 2 is 2.20 bits per heavy atom. The van der Waals surface area contributed by atoms with Crippen LogP contribution in [0.15, 0.2) is 24.4 Å². The number of ether oxygens (including phenoxy) is 1. The van der Waals surface area contributed by atoms with Crippen molar-refractivity contribution in [2.75, 3.05) is 19.0 Å². The Labute approximate surface area is 121 Å². The highest BCUT2D eigenvalue weighted by Gasteiger charge is 2.23. The summed E-state index contributed by atoms with van der Waals surface area (Å²) in [7, 11) is 1.56. The molecule has 1 aliphatic heterocycles. The number of hydrogen-bond acceptors (Lipinski definition) is 3. The normalized spacial score (nSPS) is 13.6. The molecule has 1 aliphatic rings. The third-order valence-corrected chi connectivity index (χ3v) is 3.59. The van der Waals surface area contributed by atoms with E-state index >= 15 is 0 Å². The van der Waals surface area contributed by atoms with Crippen molar-refractivity contribution in [2.24, 2.45) is 0 Å². The molecular weight excluding hydrogens is 278 g/mol. The molecule has 0 unspecified atom stereocenters. The number of amides is 1. The number of benzene rings is 1. The van der Waals surface area contributed by atoms with Crippen molar-refractivity contribution in [3.63, 3.8) is 0 Å². The zero-order valence-electron chi connectivity index (χ0n) is 10.9. The first-order valence-electron chi connectivity index (χ1n) is 6.28. The number of fused-ring (bicyclic) bond motifs is 1. The maximum atomic E-state index is 12.0. The molecule has 104 valence electrons. The van der Waals surface area contributed by atoms with Gasteiger partial charge in [0.2, 0.25) is 0 Å². The van der Waals surface area contributed by atoms with E-state index in [0.29, 0.717) is 22.9 Å². The van der Waals surface area contributed by atoms with E-state index in [2.05, 4.69) is 15.6 Å². The van der Waals surface area contributed by atoms with Crippen LogP contribution in [0.4, 0.5) is 11.4 Å². The Morgan fingerprint density at radius 1 is 1.35 bits per heavy atom. The number of aromatic amines is 1. The average molecular weight is 292 g/mol. The lowest BCUT2D eigenvalue weighted by Gasteiger charge is -2.16. The molecule has 20 heavy (non-hydrogen) atoms. The molecule has 0 radical (unpaired) electrons. The lowest BCUT2D eigenvalue weighted by atomic mass is 10.1. The van der Waals surface area contributed by atoms with E-state index in [1.165, 1.54) is 0 Å². The van der Waals surface area contributed by atoms with Crippen LogP contribution in [0.25, 0.3) is 0 Å². The summed E-state index contributed by atoms with van der Waals surface area (Å²) in [5.74, 6) is 0.483. The van der Waals surface area contributed by atoms with Crippen molar-refractivity contribution in [1.82, 2.24) is 10.3 Å². The second-order valence-corrected chi connectivity index (χ2v) is 4.91. The van der Waals surface area contributed by atoms with E-state index in [0.717, 1.165) is 23.5 Å². The number of halogens is 1. The van der Waals surface area contributed by atoms with Crippen LogP contribution in [0.5, 0.6) is 5.75 Å². The van der Waals surface area contributed by atoms with Crippen molar-refractivity contribution < 1.29 is 9.53 Å². The van der Waals surface area contributed by atoms with Gasteiger partial charge in [-0.05, 0) is 12.1 Å². The monoisotopic (exact) mass is 291 g/mol. The molecule has 1 aromatic heterocycles. The third-order valence-electron chi connectivity index (χ3n) is 3.29. The number of anilines is 2. The van der Waals surface area contributed by atoms with Crippen molar-refractivity contribution in [2.45, 2.75) is 6.42 Å². The molecule has 3 N–H and O–H groups in total. The fraction of sp³-hybridized carbons (Fsp3) is 0.214. The lowest BCUT2D eigenvalue weighted by molar-refractivity contribution is 0.0947. The predicted molar refractivity (Wildman–Crippen MR) is 78.1 cm³/mol. The molecule has 6 heteroatoms. The van der Waals surface area contributed by atoms with Gasteiger partial charge in [-0.1, -0.05) is 17.7 Å². The van der Waals surface area contributed by atoms with E-state index in [9.17, 15) is 4.79 Å². The molecule has 0 spiro atoms. The maximum absolute atomic E-state index is 12.0. The number of hydrogen-bond donors (Lipinski definition) is 3. The summed E-state index contributed by atoms with van der Waals surface area (Å²) in [5.41, 5.74) is 3.04. The fourth-order valence-electron chi connectivity index (χ4n) is 2.37. The van der Waals surface area contributed by atoms with Crippen LogP contribution in [0.3, 0.4) is 0 Å². The molecule has 0 saturated heterocycles. The van der Waals surface area contributed by atoms with Crippen molar-refractivity contribution in [3.05, 3.63) is 40.7 Å². The van der Waals surface area contributed by atoms with Gasteiger partial charge in [-0.2, -0.15) is 0 Å². The lowest BCUT2D eigenvalue weighted by Crippen LogP contribution is -2.31. The minimum Gasteiger partial charge on any atom is -0.493 e. The van der Waals surface area contributed by atoms with E-state index in [-0.39, 0.29) is 5.91 Å². The summed E-state index contributed by atoms with van der Waals surface area (Å²) in [4.78, 5) is 15.1. The smallest absolute Gasteiger partial charge is 0.255 e. The van der Waals surface area contributed by atoms with Gasteiger partial charge >= 0.3 is 0 Å². The minimum atomic E-state index is -0.0732. The van der Waals surface area contributed by atoms with Gasteiger partial charge in [0, 0.05) is 24.9 Å². The molecule has 2 heterocycles. The van der Waals surface area contributed by atoms with E-state index in [1.54, 1.807) is 19.4 Å². The van der Waals surface area contributed by atoms with Gasteiger partial charge in [0.25, 0.3) is 5.91 Å². The molecule has 2 aromatic rings. The van der Waals surface area contributed by atoms with Crippen molar-refractivity contribution >= 4 is 28.9 Å².